The van der Waals surface area contributed by atoms with Crippen LogP contribution in [0.15, 0.2) is 6.20 Å². The topological polar surface area (TPSA) is 62.2 Å². The summed E-state index contributed by atoms with van der Waals surface area (Å²) in [7, 11) is 0. The molecule has 1 aromatic rings. The van der Waals surface area contributed by atoms with Crippen molar-refractivity contribution in [3.05, 3.63) is 16.1 Å². The van der Waals surface area contributed by atoms with Gasteiger partial charge < -0.3 is 10.4 Å². The second-order valence-corrected chi connectivity index (χ2v) is 7.29. The van der Waals surface area contributed by atoms with E-state index in [1.165, 1.54) is 9.88 Å². The molecule has 112 valence electrons. The van der Waals surface area contributed by atoms with Crippen molar-refractivity contribution in [2.45, 2.75) is 58.5 Å². The standard InChI is InChI=1S/C15H24N2O2S/c1-10(2)7-14-17-9-13(20-14)8-16-12-5-3-11(4-6-12)15(18)19/h9-12,16H,3-8H2,1-2H3,(H,18,19). The third kappa shape index (κ3) is 4.56. The highest BCUT2D eigenvalue weighted by molar-refractivity contribution is 7.11. The number of nitrogens with one attached hydrogen (secondary N) is 1. The molecule has 1 heterocycles. The largest absolute Gasteiger partial charge is 0.481 e. The van der Waals surface area contributed by atoms with Crippen molar-refractivity contribution in [2.24, 2.45) is 11.8 Å². The van der Waals surface area contributed by atoms with E-state index < -0.39 is 5.97 Å². The molecule has 2 N–H and O–H groups in total. The number of hydrogen-bond acceptors (Lipinski definition) is 4. The molecule has 0 unspecified atom stereocenters. The zero-order valence-electron chi connectivity index (χ0n) is 12.3. The predicted octanol–water partition coefficient (Wildman–Crippen LogP) is 3.07. The van der Waals surface area contributed by atoms with Gasteiger partial charge in [0.25, 0.3) is 0 Å². The minimum absolute atomic E-state index is 0.130. The van der Waals surface area contributed by atoms with E-state index in [0.29, 0.717) is 12.0 Å². The summed E-state index contributed by atoms with van der Waals surface area (Å²) < 4.78 is 0. The van der Waals surface area contributed by atoms with Gasteiger partial charge in [-0.1, -0.05) is 13.8 Å². The quantitative estimate of drug-likeness (QED) is 0.847. The van der Waals surface area contributed by atoms with Crippen LogP contribution in [0.5, 0.6) is 0 Å². The minimum Gasteiger partial charge on any atom is -0.481 e. The Kier molecular flexibility index (Phi) is 5.54. The zero-order chi connectivity index (χ0) is 14.5. The second-order valence-electron chi connectivity index (χ2n) is 6.09. The maximum absolute atomic E-state index is 10.9. The molecule has 0 radical (unpaired) electrons. The van der Waals surface area contributed by atoms with E-state index in [9.17, 15) is 4.79 Å². The number of aromatic nitrogens is 1. The van der Waals surface area contributed by atoms with Gasteiger partial charge in [-0.15, -0.1) is 11.3 Å². The summed E-state index contributed by atoms with van der Waals surface area (Å²) in [5.41, 5.74) is 0. The van der Waals surface area contributed by atoms with Gasteiger partial charge in [-0.2, -0.15) is 0 Å². The molecule has 1 aliphatic carbocycles. The van der Waals surface area contributed by atoms with Gasteiger partial charge in [0.15, 0.2) is 0 Å². The number of hydrogen-bond donors (Lipinski definition) is 2. The first-order chi connectivity index (χ1) is 9.54. The summed E-state index contributed by atoms with van der Waals surface area (Å²) in [4.78, 5) is 16.6. The van der Waals surface area contributed by atoms with Crippen molar-refractivity contribution in [1.82, 2.24) is 10.3 Å². The molecule has 0 atom stereocenters. The Morgan fingerprint density at radius 2 is 2.15 bits per heavy atom. The smallest absolute Gasteiger partial charge is 0.306 e. The van der Waals surface area contributed by atoms with Gasteiger partial charge in [-0.05, 0) is 31.6 Å². The molecule has 1 aliphatic rings. The van der Waals surface area contributed by atoms with Gasteiger partial charge in [0.1, 0.15) is 0 Å². The monoisotopic (exact) mass is 296 g/mol. The molecular weight excluding hydrogens is 272 g/mol. The van der Waals surface area contributed by atoms with Crippen LogP contribution in [-0.4, -0.2) is 22.1 Å². The highest BCUT2D eigenvalue weighted by Gasteiger charge is 2.25. The second kappa shape index (κ2) is 7.18. The van der Waals surface area contributed by atoms with E-state index in [1.807, 2.05) is 6.20 Å². The van der Waals surface area contributed by atoms with Crippen LogP contribution in [0.4, 0.5) is 0 Å². The van der Waals surface area contributed by atoms with Gasteiger partial charge in [0.2, 0.25) is 0 Å². The molecule has 1 fully saturated rings. The summed E-state index contributed by atoms with van der Waals surface area (Å²) in [6.45, 7) is 5.28. The lowest BCUT2D eigenvalue weighted by molar-refractivity contribution is -0.142. The number of thiazole rings is 1. The van der Waals surface area contributed by atoms with Crippen LogP contribution in [-0.2, 0) is 17.8 Å². The molecule has 0 bridgehead atoms. The van der Waals surface area contributed by atoms with Crippen LogP contribution in [0.3, 0.4) is 0 Å². The highest BCUT2D eigenvalue weighted by atomic mass is 32.1. The lowest BCUT2D eigenvalue weighted by Crippen LogP contribution is -2.34. The van der Waals surface area contributed by atoms with Gasteiger partial charge >= 0.3 is 5.97 Å². The number of nitrogens with zero attached hydrogens (tertiary/aromatic N) is 1. The van der Waals surface area contributed by atoms with Crippen molar-refractivity contribution in [1.29, 1.82) is 0 Å². The van der Waals surface area contributed by atoms with Crippen LogP contribution in [0.2, 0.25) is 0 Å². The van der Waals surface area contributed by atoms with Crippen LogP contribution in [0, 0.1) is 11.8 Å². The molecule has 1 saturated carbocycles. The van der Waals surface area contributed by atoms with Crippen LogP contribution >= 0.6 is 11.3 Å². The maximum atomic E-state index is 10.9. The summed E-state index contributed by atoms with van der Waals surface area (Å²) in [6.07, 6.45) is 6.55. The molecule has 2 rings (SSSR count). The number of carboxylic acids is 1. The highest BCUT2D eigenvalue weighted by Crippen LogP contribution is 2.25. The zero-order valence-corrected chi connectivity index (χ0v) is 13.1. The molecule has 20 heavy (non-hydrogen) atoms. The van der Waals surface area contributed by atoms with E-state index in [2.05, 4.69) is 24.1 Å². The Morgan fingerprint density at radius 1 is 1.45 bits per heavy atom. The fourth-order valence-electron chi connectivity index (χ4n) is 2.66. The Morgan fingerprint density at radius 3 is 2.75 bits per heavy atom. The lowest BCUT2D eigenvalue weighted by Gasteiger charge is -2.26. The summed E-state index contributed by atoms with van der Waals surface area (Å²) >= 11 is 1.79. The van der Waals surface area contributed by atoms with E-state index in [1.54, 1.807) is 11.3 Å². The normalized spacial score (nSPS) is 23.1. The number of carboxylic acid groups (broad SMARTS) is 1. The first-order valence-electron chi connectivity index (χ1n) is 7.44. The third-order valence-electron chi connectivity index (χ3n) is 3.83. The molecule has 0 aromatic carbocycles. The molecule has 0 spiro atoms. The molecule has 0 saturated heterocycles. The third-order valence-corrected chi connectivity index (χ3v) is 4.85. The molecule has 0 aliphatic heterocycles. The van der Waals surface area contributed by atoms with E-state index in [0.717, 1.165) is 38.6 Å². The number of carbonyl (C=O) groups is 1. The first-order valence-corrected chi connectivity index (χ1v) is 8.26. The average molecular weight is 296 g/mol. The van der Waals surface area contributed by atoms with Gasteiger partial charge in [-0.25, -0.2) is 4.98 Å². The molecule has 0 amide bonds. The van der Waals surface area contributed by atoms with E-state index in [-0.39, 0.29) is 5.92 Å². The maximum Gasteiger partial charge on any atom is 0.306 e. The summed E-state index contributed by atoms with van der Waals surface area (Å²) in [5.74, 6) is -0.119. The fourth-order valence-corrected chi connectivity index (χ4v) is 3.75. The molecular formula is C15H24N2O2S. The van der Waals surface area contributed by atoms with Crippen LogP contribution < -0.4 is 5.32 Å². The Balaban J connectivity index is 1.73. The van der Waals surface area contributed by atoms with Gasteiger partial charge in [-0.3, -0.25) is 4.79 Å². The molecule has 1 aromatic heterocycles. The first kappa shape index (κ1) is 15.4. The lowest BCUT2D eigenvalue weighted by atomic mass is 9.86. The number of rotatable bonds is 6. The van der Waals surface area contributed by atoms with Crippen molar-refractivity contribution >= 4 is 17.3 Å². The molecule has 4 nitrogen and oxygen atoms in total. The Hall–Kier alpha value is -0.940. The minimum atomic E-state index is -0.635. The predicted molar refractivity (Wildman–Crippen MR) is 80.9 cm³/mol. The van der Waals surface area contributed by atoms with Crippen molar-refractivity contribution in [3.63, 3.8) is 0 Å². The fraction of sp³-hybridized carbons (Fsp3) is 0.733. The van der Waals surface area contributed by atoms with Crippen molar-refractivity contribution in [3.8, 4) is 0 Å². The van der Waals surface area contributed by atoms with E-state index in [4.69, 9.17) is 5.11 Å². The molecule has 5 heteroatoms. The Bertz CT molecular complexity index is 437. The number of aliphatic carboxylic acids is 1. The van der Waals surface area contributed by atoms with E-state index >= 15 is 0 Å². The van der Waals surface area contributed by atoms with Gasteiger partial charge in [0, 0.05) is 30.1 Å². The average Bonchev–Trinajstić information content (AvgIpc) is 2.83. The van der Waals surface area contributed by atoms with Crippen molar-refractivity contribution in [2.75, 3.05) is 0 Å². The Labute approximate surface area is 124 Å². The van der Waals surface area contributed by atoms with Crippen molar-refractivity contribution < 1.29 is 9.90 Å². The van der Waals surface area contributed by atoms with Crippen LogP contribution in [0.1, 0.15) is 49.4 Å². The SMILES string of the molecule is CC(C)Cc1ncc(CNC2CCC(C(=O)O)CC2)s1. The van der Waals surface area contributed by atoms with Gasteiger partial charge in [0.05, 0.1) is 10.9 Å². The van der Waals surface area contributed by atoms with Crippen LogP contribution in [0.25, 0.3) is 0 Å². The summed E-state index contributed by atoms with van der Waals surface area (Å²) in [6, 6.07) is 0.459. The summed E-state index contributed by atoms with van der Waals surface area (Å²) in [5, 5.41) is 13.7.